The van der Waals surface area contributed by atoms with Gasteiger partial charge in [-0.2, -0.15) is 0 Å². The summed E-state index contributed by atoms with van der Waals surface area (Å²) < 4.78 is 9.80. The van der Waals surface area contributed by atoms with E-state index in [0.717, 1.165) is 25.0 Å². The van der Waals surface area contributed by atoms with Crippen molar-refractivity contribution >= 4 is 23.5 Å². The molecule has 1 aromatic carbocycles. The van der Waals surface area contributed by atoms with Gasteiger partial charge in [0, 0.05) is 17.2 Å². The molecule has 0 spiro atoms. The lowest BCUT2D eigenvalue weighted by Crippen LogP contribution is -2.07. The lowest BCUT2D eigenvalue weighted by Gasteiger charge is -2.01. The number of hydrogen-bond donors (Lipinski definition) is 0. The average molecular weight is 283 g/mol. The summed E-state index contributed by atoms with van der Waals surface area (Å²) in [5, 5.41) is 0.551. The van der Waals surface area contributed by atoms with E-state index in [2.05, 4.69) is 0 Å². The van der Waals surface area contributed by atoms with Crippen LogP contribution in [0.2, 0.25) is 5.02 Å². The van der Waals surface area contributed by atoms with Gasteiger partial charge in [-0.15, -0.1) is 0 Å². The molecule has 0 heterocycles. The molecule has 0 bridgehead atoms. The monoisotopic (exact) mass is 282 g/mol. The Bertz CT molecular complexity index is 451. The number of carbonyl (C=O) groups is 2. The summed E-state index contributed by atoms with van der Waals surface area (Å²) in [5.41, 5.74) is 0. The van der Waals surface area contributed by atoms with Crippen LogP contribution in [0.1, 0.15) is 19.8 Å². The highest BCUT2D eigenvalue weighted by molar-refractivity contribution is 6.30. The Hall–Kier alpha value is -1.81. The number of unbranched alkanes of at least 4 members (excludes halogenated alkanes) is 1. The first-order valence-electron chi connectivity index (χ1n) is 5.94. The first kappa shape index (κ1) is 15.2. The number of carbonyl (C=O) groups excluding carboxylic acids is 2. The van der Waals surface area contributed by atoms with Gasteiger partial charge in [-0.1, -0.05) is 24.9 Å². The summed E-state index contributed by atoms with van der Waals surface area (Å²) in [4.78, 5) is 22.6. The molecule has 0 aromatic heterocycles. The zero-order chi connectivity index (χ0) is 14.1. The highest BCUT2D eigenvalue weighted by Crippen LogP contribution is 2.15. The second kappa shape index (κ2) is 8.32. The number of benzene rings is 1. The SMILES string of the molecule is CCCCOC(=O)/C=C\C(=O)Oc1ccc(Cl)cc1. The van der Waals surface area contributed by atoms with Crippen LogP contribution in [0.5, 0.6) is 5.75 Å². The minimum atomic E-state index is -0.644. The van der Waals surface area contributed by atoms with E-state index in [0.29, 0.717) is 17.4 Å². The fourth-order valence-corrected chi connectivity index (χ4v) is 1.28. The Kier molecular flexibility index (Phi) is 6.68. The van der Waals surface area contributed by atoms with Gasteiger partial charge < -0.3 is 9.47 Å². The molecule has 0 saturated carbocycles. The average Bonchev–Trinajstić information content (AvgIpc) is 2.39. The quantitative estimate of drug-likeness (QED) is 0.348. The van der Waals surface area contributed by atoms with Gasteiger partial charge in [-0.25, -0.2) is 9.59 Å². The Labute approximate surface area is 117 Å². The molecule has 102 valence electrons. The van der Waals surface area contributed by atoms with E-state index in [-0.39, 0.29) is 0 Å². The van der Waals surface area contributed by atoms with Crippen LogP contribution >= 0.6 is 11.6 Å². The molecule has 0 aliphatic heterocycles. The molecule has 0 N–H and O–H groups in total. The smallest absolute Gasteiger partial charge is 0.336 e. The van der Waals surface area contributed by atoms with Gasteiger partial charge in [-0.05, 0) is 30.7 Å². The third kappa shape index (κ3) is 6.62. The van der Waals surface area contributed by atoms with Gasteiger partial charge in [0.15, 0.2) is 0 Å². The number of hydrogen-bond acceptors (Lipinski definition) is 4. The van der Waals surface area contributed by atoms with E-state index in [4.69, 9.17) is 21.1 Å². The Morgan fingerprint density at radius 3 is 2.42 bits per heavy atom. The lowest BCUT2D eigenvalue weighted by atomic mass is 10.3. The topological polar surface area (TPSA) is 52.6 Å². The molecule has 4 nitrogen and oxygen atoms in total. The van der Waals surface area contributed by atoms with Crippen LogP contribution in [-0.2, 0) is 14.3 Å². The normalized spacial score (nSPS) is 10.4. The van der Waals surface area contributed by atoms with Crippen LogP contribution < -0.4 is 4.74 Å². The van der Waals surface area contributed by atoms with Crippen molar-refractivity contribution in [2.45, 2.75) is 19.8 Å². The van der Waals surface area contributed by atoms with Crippen LogP contribution in [0.15, 0.2) is 36.4 Å². The summed E-state index contributed by atoms with van der Waals surface area (Å²) in [6.45, 7) is 2.35. The minimum Gasteiger partial charge on any atom is -0.463 e. The van der Waals surface area contributed by atoms with Crippen molar-refractivity contribution < 1.29 is 19.1 Å². The fraction of sp³-hybridized carbons (Fsp3) is 0.286. The van der Waals surface area contributed by atoms with Crippen LogP contribution in [0.4, 0.5) is 0 Å². The zero-order valence-corrected chi connectivity index (χ0v) is 11.4. The second-order valence-corrected chi connectivity index (χ2v) is 4.17. The van der Waals surface area contributed by atoms with Crippen LogP contribution in [0, 0.1) is 0 Å². The van der Waals surface area contributed by atoms with Crippen LogP contribution in [0.3, 0.4) is 0 Å². The first-order chi connectivity index (χ1) is 9.11. The Morgan fingerprint density at radius 2 is 1.79 bits per heavy atom. The minimum absolute atomic E-state index is 0.353. The van der Waals surface area contributed by atoms with E-state index in [1.807, 2.05) is 6.92 Å². The Balaban J connectivity index is 2.38. The third-order valence-corrected chi connectivity index (χ3v) is 2.38. The molecular weight excluding hydrogens is 268 g/mol. The Morgan fingerprint density at radius 1 is 1.16 bits per heavy atom. The maximum atomic E-state index is 11.4. The van der Waals surface area contributed by atoms with Crippen molar-refractivity contribution in [3.8, 4) is 5.75 Å². The van der Waals surface area contributed by atoms with Crippen molar-refractivity contribution in [2.24, 2.45) is 0 Å². The molecule has 19 heavy (non-hydrogen) atoms. The van der Waals surface area contributed by atoms with E-state index in [9.17, 15) is 9.59 Å². The molecule has 0 radical (unpaired) electrons. The lowest BCUT2D eigenvalue weighted by molar-refractivity contribution is -0.138. The van der Waals surface area contributed by atoms with Gasteiger partial charge in [0.25, 0.3) is 0 Å². The van der Waals surface area contributed by atoms with Gasteiger partial charge in [-0.3, -0.25) is 0 Å². The fourth-order valence-electron chi connectivity index (χ4n) is 1.15. The summed E-state index contributed by atoms with van der Waals surface area (Å²) in [7, 11) is 0. The standard InChI is InChI=1S/C14H15ClO4/c1-2-3-10-18-13(16)8-9-14(17)19-12-6-4-11(15)5-7-12/h4-9H,2-3,10H2,1H3/b9-8-. The molecule has 1 rings (SSSR count). The van der Waals surface area contributed by atoms with Crippen LogP contribution in [-0.4, -0.2) is 18.5 Å². The van der Waals surface area contributed by atoms with E-state index in [1.165, 1.54) is 0 Å². The molecule has 0 atom stereocenters. The molecule has 0 aliphatic carbocycles. The van der Waals surface area contributed by atoms with Gasteiger partial charge in [0.2, 0.25) is 0 Å². The summed E-state index contributed by atoms with van der Waals surface area (Å²) >= 11 is 5.70. The van der Waals surface area contributed by atoms with Gasteiger partial charge in [0.1, 0.15) is 5.75 Å². The first-order valence-corrected chi connectivity index (χ1v) is 6.32. The third-order valence-electron chi connectivity index (χ3n) is 2.13. The zero-order valence-electron chi connectivity index (χ0n) is 10.6. The molecular formula is C14H15ClO4. The molecule has 1 aromatic rings. The predicted octanol–water partition coefficient (Wildman–Crippen LogP) is 3.14. The molecule has 0 unspecified atom stereocenters. The van der Waals surface area contributed by atoms with Crippen molar-refractivity contribution in [1.82, 2.24) is 0 Å². The molecule has 0 fully saturated rings. The predicted molar refractivity (Wildman–Crippen MR) is 72.1 cm³/mol. The second-order valence-electron chi connectivity index (χ2n) is 3.73. The highest BCUT2D eigenvalue weighted by atomic mass is 35.5. The van der Waals surface area contributed by atoms with Gasteiger partial charge >= 0.3 is 11.9 Å². The summed E-state index contributed by atoms with van der Waals surface area (Å²) in [5.74, 6) is -0.838. The molecule has 0 amide bonds. The van der Waals surface area contributed by atoms with Crippen LogP contribution in [0.25, 0.3) is 0 Å². The molecule has 0 aliphatic rings. The number of esters is 2. The molecule has 0 saturated heterocycles. The number of rotatable bonds is 6. The highest BCUT2D eigenvalue weighted by Gasteiger charge is 2.02. The van der Waals surface area contributed by atoms with Crippen molar-refractivity contribution in [3.63, 3.8) is 0 Å². The number of halogens is 1. The van der Waals surface area contributed by atoms with Crippen molar-refractivity contribution in [2.75, 3.05) is 6.61 Å². The van der Waals surface area contributed by atoms with Crippen molar-refractivity contribution in [1.29, 1.82) is 0 Å². The summed E-state index contributed by atoms with van der Waals surface area (Å²) in [6, 6.07) is 6.33. The maximum Gasteiger partial charge on any atom is 0.336 e. The van der Waals surface area contributed by atoms with E-state index >= 15 is 0 Å². The van der Waals surface area contributed by atoms with E-state index < -0.39 is 11.9 Å². The maximum absolute atomic E-state index is 11.4. The van der Waals surface area contributed by atoms with Crippen molar-refractivity contribution in [3.05, 3.63) is 41.4 Å². The molecule has 5 heteroatoms. The van der Waals surface area contributed by atoms with Gasteiger partial charge in [0.05, 0.1) is 6.61 Å². The number of ether oxygens (including phenoxy) is 2. The largest absolute Gasteiger partial charge is 0.463 e. The van der Waals surface area contributed by atoms with E-state index in [1.54, 1.807) is 24.3 Å². The summed E-state index contributed by atoms with van der Waals surface area (Å²) in [6.07, 6.45) is 3.82.